The number of anilines is 1. The van der Waals surface area contributed by atoms with Crippen molar-refractivity contribution in [3.05, 3.63) is 95.1 Å². The number of hydrogen-bond acceptors (Lipinski definition) is 4. The summed E-state index contributed by atoms with van der Waals surface area (Å²) in [5.74, 6) is 0.613. The molecule has 168 valence electrons. The number of amides is 1. The minimum Gasteiger partial charge on any atom is -0.491 e. The van der Waals surface area contributed by atoms with E-state index in [0.717, 1.165) is 22.4 Å². The molecule has 0 aliphatic carbocycles. The number of carbonyl (C=O) groups is 1. The number of carbonyl (C=O) groups excluding carboxylic acids is 1. The first-order valence-corrected chi connectivity index (χ1v) is 12.2. The smallest absolute Gasteiger partial charge is 0.251 e. The molecular weight excluding hydrogens is 424 g/mol. The molecule has 3 rings (SSSR count). The normalized spacial score (nSPS) is 11.1. The summed E-state index contributed by atoms with van der Waals surface area (Å²) in [6.07, 6.45) is 1.18. The van der Waals surface area contributed by atoms with Gasteiger partial charge in [-0.25, -0.2) is 8.42 Å². The number of nitrogens with one attached hydrogen (secondary N) is 1. The number of para-hydroxylation sites is 1. The number of nitrogens with zero attached hydrogens (tertiary/aromatic N) is 1. The van der Waals surface area contributed by atoms with Crippen LogP contribution >= 0.6 is 0 Å². The van der Waals surface area contributed by atoms with Gasteiger partial charge in [-0.3, -0.25) is 9.10 Å². The van der Waals surface area contributed by atoms with Crippen molar-refractivity contribution in [2.24, 2.45) is 0 Å². The van der Waals surface area contributed by atoms with E-state index in [1.807, 2.05) is 38.1 Å². The minimum absolute atomic E-state index is 0.189. The molecule has 3 aromatic rings. The van der Waals surface area contributed by atoms with E-state index >= 15 is 0 Å². The fourth-order valence-electron chi connectivity index (χ4n) is 3.23. The predicted molar refractivity (Wildman–Crippen MR) is 128 cm³/mol. The second-order valence-corrected chi connectivity index (χ2v) is 9.51. The van der Waals surface area contributed by atoms with Crippen LogP contribution in [0.1, 0.15) is 27.0 Å². The maximum absolute atomic E-state index is 12.4. The SMILES string of the molecule is Cc1cccc(OCCNC(=O)c2ccc(CN(c3ccccc3)S(C)(=O)=O)cc2)c1C. The summed E-state index contributed by atoms with van der Waals surface area (Å²) in [6, 6.07) is 21.8. The second kappa shape index (κ2) is 10.3. The van der Waals surface area contributed by atoms with Gasteiger partial charge in [0.25, 0.3) is 5.91 Å². The van der Waals surface area contributed by atoms with Gasteiger partial charge in [0.1, 0.15) is 12.4 Å². The van der Waals surface area contributed by atoms with Crippen LogP contribution < -0.4 is 14.4 Å². The first-order chi connectivity index (χ1) is 15.3. The number of sulfonamides is 1. The fourth-order valence-corrected chi connectivity index (χ4v) is 4.12. The Morgan fingerprint density at radius 2 is 1.62 bits per heavy atom. The lowest BCUT2D eigenvalue weighted by molar-refractivity contribution is 0.0947. The molecule has 0 aliphatic rings. The Morgan fingerprint density at radius 3 is 2.28 bits per heavy atom. The highest BCUT2D eigenvalue weighted by atomic mass is 32.2. The Bertz CT molecular complexity index is 1160. The topological polar surface area (TPSA) is 75.7 Å². The van der Waals surface area contributed by atoms with Gasteiger partial charge < -0.3 is 10.1 Å². The molecule has 0 aromatic heterocycles. The lowest BCUT2D eigenvalue weighted by atomic mass is 10.1. The molecular formula is C25H28N2O4S. The van der Waals surface area contributed by atoms with Crippen molar-refractivity contribution in [2.45, 2.75) is 20.4 Å². The molecule has 0 heterocycles. The molecule has 1 N–H and O–H groups in total. The van der Waals surface area contributed by atoms with E-state index in [2.05, 4.69) is 5.32 Å². The third-order valence-electron chi connectivity index (χ3n) is 5.19. The largest absolute Gasteiger partial charge is 0.491 e. The van der Waals surface area contributed by atoms with Crippen LogP contribution in [0.5, 0.6) is 5.75 Å². The van der Waals surface area contributed by atoms with E-state index < -0.39 is 10.0 Å². The van der Waals surface area contributed by atoms with Crippen LogP contribution in [0, 0.1) is 13.8 Å². The summed E-state index contributed by atoms with van der Waals surface area (Å²) in [5.41, 5.74) is 4.14. The predicted octanol–water partition coefficient (Wildman–Crippen LogP) is 4.08. The molecule has 0 unspecified atom stereocenters. The highest BCUT2D eigenvalue weighted by molar-refractivity contribution is 7.92. The lowest BCUT2D eigenvalue weighted by Crippen LogP contribution is -2.29. The van der Waals surface area contributed by atoms with Gasteiger partial charge in [-0.05, 0) is 60.9 Å². The van der Waals surface area contributed by atoms with Crippen molar-refractivity contribution in [2.75, 3.05) is 23.7 Å². The van der Waals surface area contributed by atoms with E-state index in [-0.39, 0.29) is 12.5 Å². The monoisotopic (exact) mass is 452 g/mol. The first-order valence-electron chi connectivity index (χ1n) is 10.3. The molecule has 0 aliphatic heterocycles. The van der Waals surface area contributed by atoms with Crippen molar-refractivity contribution < 1.29 is 17.9 Å². The van der Waals surface area contributed by atoms with E-state index in [9.17, 15) is 13.2 Å². The van der Waals surface area contributed by atoms with E-state index in [1.165, 1.54) is 10.6 Å². The molecule has 6 nitrogen and oxygen atoms in total. The lowest BCUT2D eigenvalue weighted by Gasteiger charge is -2.22. The molecule has 0 radical (unpaired) electrons. The Kier molecular flexibility index (Phi) is 7.53. The molecule has 32 heavy (non-hydrogen) atoms. The van der Waals surface area contributed by atoms with Gasteiger partial charge in [-0.2, -0.15) is 0 Å². The van der Waals surface area contributed by atoms with Crippen LogP contribution in [0.15, 0.2) is 72.8 Å². The highest BCUT2D eigenvalue weighted by Gasteiger charge is 2.17. The van der Waals surface area contributed by atoms with Crippen LogP contribution in [0.4, 0.5) is 5.69 Å². The Morgan fingerprint density at radius 1 is 0.938 bits per heavy atom. The standard InChI is InChI=1S/C25H28N2O4S/c1-19-8-7-11-24(20(19)2)31-17-16-26-25(28)22-14-12-21(13-15-22)18-27(32(3,29)30)23-9-5-4-6-10-23/h4-15H,16-18H2,1-3H3,(H,26,28). The summed E-state index contributed by atoms with van der Waals surface area (Å²) >= 11 is 0. The molecule has 1 amide bonds. The van der Waals surface area contributed by atoms with Gasteiger partial charge in [0.05, 0.1) is 25.0 Å². The number of aryl methyl sites for hydroxylation is 1. The molecule has 0 fully saturated rings. The average molecular weight is 453 g/mol. The molecule has 7 heteroatoms. The second-order valence-electron chi connectivity index (χ2n) is 7.60. The van der Waals surface area contributed by atoms with Crippen molar-refractivity contribution in [1.29, 1.82) is 0 Å². The zero-order valence-corrected chi connectivity index (χ0v) is 19.4. The fraction of sp³-hybridized carbons (Fsp3) is 0.240. The number of rotatable bonds is 9. The summed E-state index contributed by atoms with van der Waals surface area (Å²) in [6.45, 7) is 4.98. The van der Waals surface area contributed by atoms with Gasteiger partial charge >= 0.3 is 0 Å². The third kappa shape index (κ3) is 6.11. The third-order valence-corrected chi connectivity index (χ3v) is 6.33. The van der Waals surface area contributed by atoms with Crippen LogP contribution in [-0.4, -0.2) is 33.7 Å². The Hall–Kier alpha value is -3.32. The first kappa shape index (κ1) is 23.3. The Labute approximate surface area is 189 Å². The van der Waals surface area contributed by atoms with Gasteiger partial charge in [0.2, 0.25) is 10.0 Å². The van der Waals surface area contributed by atoms with Gasteiger partial charge in [0.15, 0.2) is 0 Å². The summed E-state index contributed by atoms with van der Waals surface area (Å²) in [5, 5.41) is 2.84. The van der Waals surface area contributed by atoms with E-state index in [0.29, 0.717) is 24.4 Å². The van der Waals surface area contributed by atoms with Crippen LogP contribution in [0.3, 0.4) is 0 Å². The van der Waals surface area contributed by atoms with Crippen molar-refractivity contribution in [1.82, 2.24) is 5.32 Å². The zero-order chi connectivity index (χ0) is 23.1. The molecule has 0 atom stereocenters. The summed E-state index contributed by atoms with van der Waals surface area (Å²) in [4.78, 5) is 12.4. The maximum atomic E-state index is 12.4. The van der Waals surface area contributed by atoms with Crippen molar-refractivity contribution >= 4 is 21.6 Å². The number of hydrogen-bond donors (Lipinski definition) is 1. The molecule has 0 saturated carbocycles. The molecule has 0 spiro atoms. The molecule has 3 aromatic carbocycles. The minimum atomic E-state index is -3.45. The van der Waals surface area contributed by atoms with Crippen LogP contribution in [-0.2, 0) is 16.6 Å². The van der Waals surface area contributed by atoms with Gasteiger partial charge in [-0.1, -0.05) is 42.5 Å². The average Bonchev–Trinajstić information content (AvgIpc) is 2.78. The van der Waals surface area contributed by atoms with Crippen molar-refractivity contribution in [3.63, 3.8) is 0 Å². The number of ether oxygens (including phenoxy) is 1. The summed E-state index contributed by atoms with van der Waals surface area (Å²) in [7, 11) is -3.45. The quantitative estimate of drug-likeness (QED) is 0.497. The van der Waals surface area contributed by atoms with Gasteiger partial charge in [0, 0.05) is 5.56 Å². The van der Waals surface area contributed by atoms with E-state index in [1.54, 1.807) is 48.5 Å². The Balaban J connectivity index is 1.56. The van der Waals surface area contributed by atoms with Crippen LogP contribution in [0.2, 0.25) is 0 Å². The molecule has 0 bridgehead atoms. The maximum Gasteiger partial charge on any atom is 0.251 e. The zero-order valence-electron chi connectivity index (χ0n) is 18.5. The van der Waals surface area contributed by atoms with Crippen LogP contribution in [0.25, 0.3) is 0 Å². The highest BCUT2D eigenvalue weighted by Crippen LogP contribution is 2.21. The molecule has 0 saturated heterocycles. The van der Waals surface area contributed by atoms with E-state index in [4.69, 9.17) is 4.74 Å². The van der Waals surface area contributed by atoms with Gasteiger partial charge in [-0.15, -0.1) is 0 Å². The van der Waals surface area contributed by atoms with Crippen molar-refractivity contribution in [3.8, 4) is 5.75 Å². The number of benzene rings is 3. The summed E-state index contributed by atoms with van der Waals surface area (Å²) < 4.78 is 31.6.